The van der Waals surface area contributed by atoms with Crippen LogP contribution in [0.4, 0.5) is 0 Å². The van der Waals surface area contributed by atoms with Crippen LogP contribution in [0.15, 0.2) is 94.3 Å². The van der Waals surface area contributed by atoms with Crippen LogP contribution < -0.4 is 15.7 Å². The fourth-order valence-electron chi connectivity index (χ4n) is 3.82. The standard InChI is InChI=1S/C27H22N2O4/c30-26(28-13-12-20-16-29-24-9-5-4-8-22(20)24)23-14-19-10-11-21(15-25(19)33-27(23)31)32-17-18-6-2-1-3-7-18/h1-11,14-16,29H,12-13,17H2,(H,28,30). The Labute approximate surface area is 189 Å². The van der Waals surface area contributed by atoms with Gasteiger partial charge in [-0.1, -0.05) is 48.5 Å². The van der Waals surface area contributed by atoms with Crippen molar-refractivity contribution >= 4 is 27.8 Å². The number of amides is 1. The maximum Gasteiger partial charge on any atom is 0.349 e. The van der Waals surface area contributed by atoms with Crippen LogP contribution in [-0.4, -0.2) is 17.4 Å². The van der Waals surface area contributed by atoms with E-state index in [1.54, 1.807) is 24.3 Å². The number of hydrogen-bond acceptors (Lipinski definition) is 4. The van der Waals surface area contributed by atoms with E-state index in [0.29, 0.717) is 36.3 Å². The van der Waals surface area contributed by atoms with E-state index in [1.807, 2.05) is 60.8 Å². The molecule has 0 radical (unpaired) electrons. The molecular weight excluding hydrogens is 416 g/mol. The molecule has 0 fully saturated rings. The predicted molar refractivity (Wildman–Crippen MR) is 128 cm³/mol. The number of rotatable bonds is 7. The number of fused-ring (bicyclic) bond motifs is 2. The van der Waals surface area contributed by atoms with Crippen molar-refractivity contribution in [2.45, 2.75) is 13.0 Å². The maximum absolute atomic E-state index is 12.6. The minimum absolute atomic E-state index is 0.0145. The number of para-hydroxylation sites is 1. The van der Waals surface area contributed by atoms with Gasteiger partial charge in [0.25, 0.3) is 5.91 Å². The summed E-state index contributed by atoms with van der Waals surface area (Å²) in [6.07, 6.45) is 2.59. The second-order valence-corrected chi connectivity index (χ2v) is 7.79. The van der Waals surface area contributed by atoms with Gasteiger partial charge >= 0.3 is 5.63 Å². The van der Waals surface area contributed by atoms with Crippen molar-refractivity contribution < 1.29 is 13.9 Å². The first-order chi connectivity index (χ1) is 16.2. The highest BCUT2D eigenvalue weighted by Gasteiger charge is 2.14. The van der Waals surface area contributed by atoms with E-state index in [9.17, 15) is 9.59 Å². The Morgan fingerprint density at radius 2 is 1.79 bits per heavy atom. The van der Waals surface area contributed by atoms with E-state index in [0.717, 1.165) is 22.0 Å². The third-order valence-electron chi connectivity index (χ3n) is 5.56. The van der Waals surface area contributed by atoms with Gasteiger partial charge in [0.05, 0.1) is 0 Å². The molecule has 0 bridgehead atoms. The second kappa shape index (κ2) is 9.04. The summed E-state index contributed by atoms with van der Waals surface area (Å²) < 4.78 is 11.2. The molecule has 0 aliphatic rings. The monoisotopic (exact) mass is 438 g/mol. The number of carbonyl (C=O) groups excluding carboxylic acids is 1. The summed E-state index contributed by atoms with van der Waals surface area (Å²) in [5.74, 6) is 0.139. The molecule has 0 unspecified atom stereocenters. The number of H-pyrrole nitrogens is 1. The van der Waals surface area contributed by atoms with Gasteiger partial charge in [-0.15, -0.1) is 0 Å². The highest BCUT2D eigenvalue weighted by Crippen LogP contribution is 2.22. The molecule has 0 aliphatic carbocycles. The van der Waals surface area contributed by atoms with E-state index in [-0.39, 0.29) is 5.56 Å². The number of aromatic amines is 1. The topological polar surface area (TPSA) is 84.3 Å². The van der Waals surface area contributed by atoms with Crippen molar-refractivity contribution in [3.05, 3.63) is 112 Å². The Bertz CT molecular complexity index is 1480. The Balaban J connectivity index is 1.26. The lowest BCUT2D eigenvalue weighted by atomic mass is 10.1. The van der Waals surface area contributed by atoms with Gasteiger partial charge in [-0.3, -0.25) is 4.79 Å². The molecule has 3 aromatic carbocycles. The molecule has 2 aromatic heterocycles. The molecule has 2 heterocycles. The van der Waals surface area contributed by atoms with Crippen LogP contribution >= 0.6 is 0 Å². The van der Waals surface area contributed by atoms with E-state index in [4.69, 9.17) is 9.15 Å². The van der Waals surface area contributed by atoms with E-state index in [2.05, 4.69) is 10.3 Å². The van der Waals surface area contributed by atoms with Gasteiger partial charge in [0, 0.05) is 35.1 Å². The zero-order valence-electron chi connectivity index (χ0n) is 17.8. The number of nitrogens with one attached hydrogen (secondary N) is 2. The van der Waals surface area contributed by atoms with Crippen LogP contribution in [-0.2, 0) is 13.0 Å². The smallest absolute Gasteiger partial charge is 0.349 e. The van der Waals surface area contributed by atoms with Crippen LogP contribution in [0.1, 0.15) is 21.5 Å². The summed E-state index contributed by atoms with van der Waals surface area (Å²) in [6, 6.07) is 24.6. The first kappa shape index (κ1) is 20.6. The van der Waals surface area contributed by atoms with E-state index >= 15 is 0 Å². The van der Waals surface area contributed by atoms with Crippen LogP contribution in [0.3, 0.4) is 0 Å². The Morgan fingerprint density at radius 1 is 0.970 bits per heavy atom. The maximum atomic E-state index is 12.6. The van der Waals surface area contributed by atoms with Crippen molar-refractivity contribution in [3.8, 4) is 5.75 Å². The Hall–Kier alpha value is -4.32. The summed E-state index contributed by atoms with van der Waals surface area (Å²) in [4.78, 5) is 28.3. The quantitative estimate of drug-likeness (QED) is 0.357. The molecule has 6 heteroatoms. The fraction of sp³-hybridized carbons (Fsp3) is 0.111. The summed E-state index contributed by atoms with van der Waals surface area (Å²) in [6.45, 7) is 0.817. The van der Waals surface area contributed by atoms with Crippen LogP contribution in [0, 0.1) is 0 Å². The van der Waals surface area contributed by atoms with Gasteiger partial charge in [-0.25, -0.2) is 4.79 Å². The zero-order valence-corrected chi connectivity index (χ0v) is 17.8. The lowest BCUT2D eigenvalue weighted by Crippen LogP contribution is -2.29. The summed E-state index contributed by atoms with van der Waals surface area (Å²) in [5, 5.41) is 4.60. The molecule has 0 saturated carbocycles. The number of carbonyl (C=O) groups is 1. The van der Waals surface area contributed by atoms with Crippen LogP contribution in [0.25, 0.3) is 21.9 Å². The number of hydrogen-bond donors (Lipinski definition) is 2. The molecular formula is C27H22N2O4. The Morgan fingerprint density at radius 3 is 2.67 bits per heavy atom. The lowest BCUT2D eigenvalue weighted by Gasteiger charge is -2.08. The Kier molecular flexibility index (Phi) is 5.64. The van der Waals surface area contributed by atoms with Gasteiger partial charge in [0.2, 0.25) is 0 Å². The molecule has 6 nitrogen and oxygen atoms in total. The molecule has 1 amide bonds. The van der Waals surface area contributed by atoms with Crippen molar-refractivity contribution in [1.29, 1.82) is 0 Å². The van der Waals surface area contributed by atoms with E-state index in [1.165, 1.54) is 0 Å². The van der Waals surface area contributed by atoms with Crippen LogP contribution in [0.5, 0.6) is 5.75 Å². The predicted octanol–water partition coefficient (Wildman–Crippen LogP) is 4.83. The SMILES string of the molecule is O=C(NCCc1c[nH]c2ccccc12)c1cc2ccc(OCc3ccccc3)cc2oc1=O. The summed E-state index contributed by atoms with van der Waals surface area (Å²) in [7, 11) is 0. The highest BCUT2D eigenvalue weighted by molar-refractivity contribution is 5.96. The third-order valence-corrected chi connectivity index (χ3v) is 5.56. The molecule has 33 heavy (non-hydrogen) atoms. The number of aromatic nitrogens is 1. The highest BCUT2D eigenvalue weighted by atomic mass is 16.5. The third kappa shape index (κ3) is 4.50. The van der Waals surface area contributed by atoms with Gasteiger partial charge < -0.3 is 19.5 Å². The largest absolute Gasteiger partial charge is 0.489 e. The number of ether oxygens (including phenoxy) is 1. The van der Waals surface area contributed by atoms with Crippen molar-refractivity contribution in [1.82, 2.24) is 10.3 Å². The number of benzene rings is 3. The average molecular weight is 438 g/mol. The molecule has 0 atom stereocenters. The minimum Gasteiger partial charge on any atom is -0.489 e. The summed E-state index contributed by atoms with van der Waals surface area (Å²) >= 11 is 0. The van der Waals surface area contributed by atoms with Gasteiger partial charge in [0.1, 0.15) is 23.5 Å². The normalized spacial score (nSPS) is 11.0. The fourth-order valence-corrected chi connectivity index (χ4v) is 3.82. The van der Waals surface area contributed by atoms with Gasteiger partial charge in [-0.2, -0.15) is 0 Å². The van der Waals surface area contributed by atoms with Gasteiger partial charge in [0.15, 0.2) is 0 Å². The van der Waals surface area contributed by atoms with Gasteiger partial charge in [-0.05, 0) is 41.8 Å². The molecule has 5 aromatic rings. The second-order valence-electron chi connectivity index (χ2n) is 7.79. The first-order valence-corrected chi connectivity index (χ1v) is 10.8. The molecule has 164 valence electrons. The molecule has 2 N–H and O–H groups in total. The minimum atomic E-state index is -0.674. The molecule has 0 aliphatic heterocycles. The van der Waals surface area contributed by atoms with Crippen molar-refractivity contribution in [3.63, 3.8) is 0 Å². The van der Waals surface area contributed by atoms with Crippen molar-refractivity contribution in [2.75, 3.05) is 6.54 Å². The lowest BCUT2D eigenvalue weighted by molar-refractivity contribution is 0.0950. The van der Waals surface area contributed by atoms with Crippen LogP contribution in [0.2, 0.25) is 0 Å². The first-order valence-electron chi connectivity index (χ1n) is 10.8. The molecule has 5 rings (SSSR count). The zero-order chi connectivity index (χ0) is 22.6. The van der Waals surface area contributed by atoms with Crippen molar-refractivity contribution in [2.24, 2.45) is 0 Å². The average Bonchev–Trinajstić information content (AvgIpc) is 3.26. The van der Waals surface area contributed by atoms with E-state index < -0.39 is 11.5 Å². The molecule has 0 saturated heterocycles. The summed E-state index contributed by atoms with van der Waals surface area (Å²) in [5.41, 5.74) is 2.90. The molecule has 0 spiro atoms.